The average Bonchev–Trinajstić information content (AvgIpc) is 2.84. The Kier molecular flexibility index (Phi) is 10.2. The molecule has 0 spiro atoms. The molecule has 0 bridgehead atoms. The Morgan fingerprint density at radius 3 is 1.85 bits per heavy atom. The fraction of sp³-hybridized carbons (Fsp3) is 0.481. The Bertz CT molecular complexity index is 899. The predicted octanol–water partition coefficient (Wildman–Crippen LogP) is 4.49. The van der Waals surface area contributed by atoms with Gasteiger partial charge in [-0.25, -0.2) is 8.78 Å². The predicted molar refractivity (Wildman–Crippen MR) is 127 cm³/mol. The first kappa shape index (κ1) is 26.0. The minimum atomic E-state index is -0.382. The number of unbranched alkanes of at least 4 members (excludes halogenated alkanes) is 4. The average molecular weight is 473 g/mol. The quantitative estimate of drug-likeness (QED) is 0.463. The molecule has 0 saturated carbocycles. The van der Waals surface area contributed by atoms with Gasteiger partial charge in [-0.2, -0.15) is 0 Å². The van der Waals surface area contributed by atoms with E-state index in [0.717, 1.165) is 43.2 Å². The summed E-state index contributed by atoms with van der Waals surface area (Å²) >= 11 is 0. The number of carbonyl (C=O) groups is 2. The maximum atomic E-state index is 14.0. The number of ketones is 1. The second-order valence-corrected chi connectivity index (χ2v) is 8.89. The molecule has 0 aromatic heterocycles. The van der Waals surface area contributed by atoms with Crippen molar-refractivity contribution in [2.45, 2.75) is 51.0 Å². The monoisotopic (exact) mass is 472 g/mol. The second kappa shape index (κ2) is 13.3. The van der Waals surface area contributed by atoms with Crippen LogP contribution >= 0.6 is 0 Å². The van der Waals surface area contributed by atoms with E-state index in [0.29, 0.717) is 39.0 Å². The Morgan fingerprint density at radius 2 is 1.32 bits per heavy atom. The zero-order valence-electron chi connectivity index (χ0n) is 19.6. The first-order valence-electron chi connectivity index (χ1n) is 12.1. The molecule has 1 amide bonds. The minimum absolute atomic E-state index is 0.119. The maximum absolute atomic E-state index is 14.0. The number of carbonyl (C=O) groups excluding carboxylic acids is 2. The molecule has 2 aromatic rings. The molecule has 7 heteroatoms. The van der Waals surface area contributed by atoms with Crippen LogP contribution in [-0.4, -0.2) is 59.4 Å². The molecular weight excluding hydrogens is 438 g/mol. The molecule has 0 atom stereocenters. The molecule has 1 saturated heterocycles. The van der Waals surface area contributed by atoms with Crippen molar-refractivity contribution in [1.82, 2.24) is 9.80 Å². The number of aliphatic hydroxyl groups is 1. The minimum Gasteiger partial charge on any atom is -0.389 e. The van der Waals surface area contributed by atoms with Gasteiger partial charge >= 0.3 is 0 Å². The summed E-state index contributed by atoms with van der Waals surface area (Å²) in [6, 6.07) is 12.6. The molecular formula is C27H34F2N2O3. The first-order valence-corrected chi connectivity index (χ1v) is 12.1. The molecule has 184 valence electrons. The van der Waals surface area contributed by atoms with Crippen molar-refractivity contribution in [2.24, 2.45) is 0 Å². The highest BCUT2D eigenvalue weighted by Gasteiger charge is 2.28. The molecule has 0 unspecified atom stereocenters. The topological polar surface area (TPSA) is 60.9 Å². The van der Waals surface area contributed by atoms with Crippen LogP contribution in [0.5, 0.6) is 0 Å². The molecule has 1 fully saturated rings. The van der Waals surface area contributed by atoms with Gasteiger partial charge in [0.2, 0.25) is 5.91 Å². The number of piperazine rings is 1. The standard InChI is InChI=1S/C27H34F2N2O3/c28-23-10-6-8-21(18-23)27(22-9-7-11-24(29)19-22)31-16-14-30(15-17-31)26(34)13-5-3-1-2-4-12-25(33)20-32/h6-11,18-19,27,32H,1-5,12-17,20H2. The third-order valence-electron chi connectivity index (χ3n) is 6.38. The smallest absolute Gasteiger partial charge is 0.222 e. The van der Waals surface area contributed by atoms with E-state index in [1.54, 1.807) is 12.1 Å². The van der Waals surface area contributed by atoms with Gasteiger partial charge in [0.15, 0.2) is 5.78 Å². The lowest BCUT2D eigenvalue weighted by Gasteiger charge is -2.40. The first-order chi connectivity index (χ1) is 16.5. The van der Waals surface area contributed by atoms with E-state index in [1.165, 1.54) is 24.3 Å². The van der Waals surface area contributed by atoms with E-state index < -0.39 is 0 Å². The summed E-state index contributed by atoms with van der Waals surface area (Å²) < 4.78 is 27.9. The van der Waals surface area contributed by atoms with Crippen molar-refractivity contribution in [3.63, 3.8) is 0 Å². The van der Waals surface area contributed by atoms with Crippen molar-refractivity contribution in [2.75, 3.05) is 32.8 Å². The number of nitrogens with zero attached hydrogens (tertiary/aromatic N) is 2. The number of hydrogen-bond donors (Lipinski definition) is 1. The SMILES string of the molecule is O=C(CO)CCCCCCCC(=O)N1CCN(C(c2cccc(F)c2)c2cccc(F)c2)CC1. The number of benzene rings is 2. The number of aliphatic hydroxyl groups excluding tert-OH is 1. The molecule has 5 nitrogen and oxygen atoms in total. The number of halogens is 2. The van der Waals surface area contributed by atoms with Crippen molar-refractivity contribution >= 4 is 11.7 Å². The lowest BCUT2D eigenvalue weighted by Crippen LogP contribution is -2.49. The van der Waals surface area contributed by atoms with Crippen LogP contribution in [0.2, 0.25) is 0 Å². The van der Waals surface area contributed by atoms with Crippen LogP contribution in [-0.2, 0) is 9.59 Å². The van der Waals surface area contributed by atoms with Crippen LogP contribution in [0.15, 0.2) is 48.5 Å². The number of amides is 1. The van der Waals surface area contributed by atoms with Crippen LogP contribution in [0.4, 0.5) is 8.78 Å². The van der Waals surface area contributed by atoms with E-state index >= 15 is 0 Å². The lowest BCUT2D eigenvalue weighted by molar-refractivity contribution is -0.133. The summed E-state index contributed by atoms with van der Waals surface area (Å²) in [6.45, 7) is 2.05. The Hall–Kier alpha value is -2.64. The summed E-state index contributed by atoms with van der Waals surface area (Å²) in [5.74, 6) is -0.630. The number of rotatable bonds is 12. The van der Waals surface area contributed by atoms with Crippen LogP contribution in [0, 0.1) is 11.6 Å². The van der Waals surface area contributed by atoms with E-state index in [2.05, 4.69) is 4.90 Å². The van der Waals surface area contributed by atoms with Crippen LogP contribution < -0.4 is 0 Å². The molecule has 1 aliphatic rings. The van der Waals surface area contributed by atoms with Gasteiger partial charge in [-0.3, -0.25) is 14.5 Å². The van der Waals surface area contributed by atoms with Crippen molar-refractivity contribution in [1.29, 1.82) is 0 Å². The van der Waals surface area contributed by atoms with Crippen LogP contribution in [0.1, 0.15) is 62.1 Å². The fourth-order valence-corrected chi connectivity index (χ4v) is 4.56. The summed E-state index contributed by atoms with van der Waals surface area (Å²) in [6.07, 6.45) is 5.39. The highest BCUT2D eigenvalue weighted by atomic mass is 19.1. The molecule has 0 aliphatic carbocycles. The van der Waals surface area contributed by atoms with Gasteiger partial charge in [-0.1, -0.05) is 43.5 Å². The Labute approximate surface area is 200 Å². The maximum Gasteiger partial charge on any atom is 0.222 e. The normalized spacial score (nSPS) is 14.5. The Morgan fingerprint density at radius 1 is 0.794 bits per heavy atom. The third-order valence-corrected chi connectivity index (χ3v) is 6.38. The van der Waals surface area contributed by atoms with Crippen molar-refractivity contribution in [3.05, 3.63) is 71.3 Å². The Balaban J connectivity index is 1.49. The van der Waals surface area contributed by atoms with E-state index in [9.17, 15) is 18.4 Å². The van der Waals surface area contributed by atoms with Gasteiger partial charge in [0.05, 0.1) is 6.04 Å². The molecule has 34 heavy (non-hydrogen) atoms. The third kappa shape index (κ3) is 7.71. The largest absolute Gasteiger partial charge is 0.389 e. The second-order valence-electron chi connectivity index (χ2n) is 8.89. The molecule has 1 aliphatic heterocycles. The number of Topliss-reactive ketones (excluding diaryl/α,β-unsaturated/α-hetero) is 1. The molecule has 1 heterocycles. The zero-order valence-corrected chi connectivity index (χ0v) is 19.6. The number of hydrogen-bond acceptors (Lipinski definition) is 4. The highest BCUT2D eigenvalue weighted by Crippen LogP contribution is 2.30. The highest BCUT2D eigenvalue weighted by molar-refractivity contribution is 5.79. The summed E-state index contributed by atoms with van der Waals surface area (Å²) in [4.78, 5) is 27.8. The summed E-state index contributed by atoms with van der Waals surface area (Å²) in [5, 5.41) is 8.72. The van der Waals surface area contributed by atoms with Gasteiger partial charge in [-0.15, -0.1) is 0 Å². The lowest BCUT2D eigenvalue weighted by atomic mass is 9.96. The van der Waals surface area contributed by atoms with Gasteiger partial charge in [0, 0.05) is 39.0 Å². The zero-order chi connectivity index (χ0) is 24.3. The van der Waals surface area contributed by atoms with Gasteiger partial charge in [0.25, 0.3) is 0 Å². The molecule has 2 aromatic carbocycles. The van der Waals surface area contributed by atoms with Gasteiger partial charge < -0.3 is 10.0 Å². The molecule has 0 radical (unpaired) electrons. The summed E-state index contributed by atoms with van der Waals surface area (Å²) in [7, 11) is 0. The van der Waals surface area contributed by atoms with Crippen LogP contribution in [0.25, 0.3) is 0 Å². The van der Waals surface area contributed by atoms with Crippen LogP contribution in [0.3, 0.4) is 0 Å². The summed E-state index contributed by atoms with van der Waals surface area (Å²) in [5.41, 5.74) is 1.54. The van der Waals surface area contributed by atoms with E-state index in [1.807, 2.05) is 17.0 Å². The van der Waals surface area contributed by atoms with Gasteiger partial charge in [-0.05, 0) is 48.2 Å². The van der Waals surface area contributed by atoms with Crippen molar-refractivity contribution in [3.8, 4) is 0 Å². The van der Waals surface area contributed by atoms with E-state index in [4.69, 9.17) is 5.11 Å². The molecule has 1 N–H and O–H groups in total. The van der Waals surface area contributed by atoms with Gasteiger partial charge in [0.1, 0.15) is 18.2 Å². The molecule has 3 rings (SSSR count). The van der Waals surface area contributed by atoms with Crippen molar-refractivity contribution < 1.29 is 23.5 Å². The van der Waals surface area contributed by atoms with E-state index in [-0.39, 0.29) is 36.0 Å². The fourth-order valence-electron chi connectivity index (χ4n) is 4.56.